The van der Waals surface area contributed by atoms with Gasteiger partial charge in [-0.2, -0.15) is 0 Å². The van der Waals surface area contributed by atoms with Gasteiger partial charge in [-0.3, -0.25) is 4.98 Å². The van der Waals surface area contributed by atoms with Gasteiger partial charge in [0.05, 0.1) is 5.41 Å². The molecule has 0 amide bonds. The third-order valence-electron chi connectivity index (χ3n) is 5.67. The second kappa shape index (κ2) is 6.45. The summed E-state index contributed by atoms with van der Waals surface area (Å²) in [6.07, 6.45) is 3.68. The zero-order valence-corrected chi connectivity index (χ0v) is 15.2. The SMILES string of the molecule is OB(O)c1ccc2c(c1)C(c1ccccc1)(c1cccnc1)c1ccccc1-2. The number of fused-ring (bicyclic) bond motifs is 3. The van der Waals surface area contributed by atoms with Gasteiger partial charge >= 0.3 is 7.12 Å². The molecule has 5 rings (SSSR count). The summed E-state index contributed by atoms with van der Waals surface area (Å²) in [6, 6.07) is 28.5. The number of hydrogen-bond donors (Lipinski definition) is 2. The molecular formula is C24H18BNO2. The van der Waals surface area contributed by atoms with Gasteiger partial charge in [0.15, 0.2) is 0 Å². The van der Waals surface area contributed by atoms with E-state index in [-0.39, 0.29) is 0 Å². The van der Waals surface area contributed by atoms with Crippen molar-refractivity contribution in [2.75, 3.05) is 0 Å². The average Bonchev–Trinajstić information content (AvgIpc) is 3.05. The first-order chi connectivity index (χ1) is 13.7. The number of benzene rings is 3. The second-order valence-electron chi connectivity index (χ2n) is 7.08. The van der Waals surface area contributed by atoms with E-state index in [4.69, 9.17) is 0 Å². The third-order valence-corrected chi connectivity index (χ3v) is 5.67. The highest BCUT2D eigenvalue weighted by Crippen LogP contribution is 2.55. The Hall–Kier alpha value is -3.21. The minimum Gasteiger partial charge on any atom is -0.423 e. The zero-order chi connectivity index (χ0) is 19.1. The lowest BCUT2D eigenvalue weighted by Crippen LogP contribution is -2.33. The van der Waals surface area contributed by atoms with Gasteiger partial charge in [0.2, 0.25) is 0 Å². The lowest BCUT2D eigenvalue weighted by atomic mass is 9.66. The highest BCUT2D eigenvalue weighted by Gasteiger charge is 2.46. The molecule has 1 aliphatic rings. The Kier molecular flexibility index (Phi) is 3.90. The maximum absolute atomic E-state index is 9.83. The van der Waals surface area contributed by atoms with Crippen molar-refractivity contribution in [1.82, 2.24) is 4.98 Å². The molecule has 0 fully saturated rings. The summed E-state index contributed by atoms with van der Waals surface area (Å²) in [6.45, 7) is 0. The van der Waals surface area contributed by atoms with Crippen LogP contribution >= 0.6 is 0 Å². The third kappa shape index (κ3) is 2.29. The van der Waals surface area contributed by atoms with Gasteiger partial charge < -0.3 is 10.0 Å². The van der Waals surface area contributed by atoms with Gasteiger partial charge in [-0.25, -0.2) is 0 Å². The lowest BCUT2D eigenvalue weighted by molar-refractivity contribution is 0.425. The van der Waals surface area contributed by atoms with E-state index < -0.39 is 12.5 Å². The predicted molar refractivity (Wildman–Crippen MR) is 111 cm³/mol. The van der Waals surface area contributed by atoms with Gasteiger partial charge in [-0.1, -0.05) is 78.9 Å². The molecule has 0 saturated carbocycles. The highest BCUT2D eigenvalue weighted by atomic mass is 16.4. The van der Waals surface area contributed by atoms with Crippen LogP contribution in [0.5, 0.6) is 0 Å². The van der Waals surface area contributed by atoms with Gasteiger partial charge in [0, 0.05) is 12.4 Å². The van der Waals surface area contributed by atoms with Crippen molar-refractivity contribution in [3.63, 3.8) is 0 Å². The Morgan fingerprint density at radius 1 is 0.679 bits per heavy atom. The molecule has 0 radical (unpaired) electrons. The van der Waals surface area contributed by atoms with Crippen LogP contribution in [0.3, 0.4) is 0 Å². The normalized spacial score (nSPS) is 17.1. The summed E-state index contributed by atoms with van der Waals surface area (Å²) in [5.41, 5.74) is 6.57. The molecule has 4 aromatic rings. The molecule has 0 saturated heterocycles. The molecule has 3 nitrogen and oxygen atoms in total. The lowest BCUT2D eigenvalue weighted by Gasteiger charge is -2.33. The number of aromatic nitrogens is 1. The number of hydrogen-bond acceptors (Lipinski definition) is 3. The van der Waals surface area contributed by atoms with Crippen molar-refractivity contribution in [3.8, 4) is 11.1 Å². The maximum Gasteiger partial charge on any atom is 0.488 e. The molecule has 2 N–H and O–H groups in total. The van der Waals surface area contributed by atoms with Crippen LogP contribution in [0.1, 0.15) is 22.3 Å². The zero-order valence-electron chi connectivity index (χ0n) is 15.2. The van der Waals surface area contributed by atoms with Crippen LogP contribution in [0.4, 0.5) is 0 Å². The molecular weight excluding hydrogens is 345 g/mol. The van der Waals surface area contributed by atoms with E-state index in [0.29, 0.717) is 5.46 Å². The van der Waals surface area contributed by atoms with Crippen LogP contribution in [0.15, 0.2) is 97.3 Å². The fourth-order valence-corrected chi connectivity index (χ4v) is 4.52. The molecule has 4 heteroatoms. The molecule has 1 unspecified atom stereocenters. The topological polar surface area (TPSA) is 53.4 Å². The number of pyridine rings is 1. The van der Waals surface area contributed by atoms with Crippen molar-refractivity contribution in [2.24, 2.45) is 0 Å². The summed E-state index contributed by atoms with van der Waals surface area (Å²) >= 11 is 0. The van der Waals surface area contributed by atoms with E-state index >= 15 is 0 Å². The Labute approximate surface area is 164 Å². The van der Waals surface area contributed by atoms with Crippen molar-refractivity contribution in [3.05, 3.63) is 120 Å². The predicted octanol–water partition coefficient (Wildman–Crippen LogP) is 3.12. The van der Waals surface area contributed by atoms with Crippen molar-refractivity contribution < 1.29 is 10.0 Å². The van der Waals surface area contributed by atoms with E-state index in [2.05, 4.69) is 41.4 Å². The standard InChI is InChI=1S/C24H18BNO2/c27-25(28)19-12-13-21-20-10-4-5-11-22(20)24(23(21)15-19,17-7-2-1-3-8-17)18-9-6-14-26-16-18/h1-16,27-28H. The molecule has 1 aliphatic carbocycles. The Morgan fingerprint density at radius 2 is 1.39 bits per heavy atom. The van der Waals surface area contributed by atoms with E-state index in [1.165, 1.54) is 5.56 Å². The van der Waals surface area contributed by atoms with E-state index in [9.17, 15) is 10.0 Å². The molecule has 0 aliphatic heterocycles. The van der Waals surface area contributed by atoms with Gasteiger partial charge in [0.1, 0.15) is 0 Å². The van der Waals surface area contributed by atoms with Crippen LogP contribution in [0, 0.1) is 0 Å². The summed E-state index contributed by atoms with van der Waals surface area (Å²) in [5, 5.41) is 19.7. The quantitative estimate of drug-likeness (QED) is 0.485. The fourth-order valence-electron chi connectivity index (χ4n) is 4.52. The summed E-state index contributed by atoms with van der Waals surface area (Å²) in [7, 11) is -1.52. The molecule has 0 spiro atoms. The van der Waals surface area contributed by atoms with Crippen LogP contribution in [-0.4, -0.2) is 22.2 Å². The minimum absolute atomic E-state index is 0.482. The van der Waals surface area contributed by atoms with Crippen molar-refractivity contribution in [1.29, 1.82) is 0 Å². The monoisotopic (exact) mass is 363 g/mol. The summed E-state index contributed by atoms with van der Waals surface area (Å²) in [5.74, 6) is 0. The molecule has 134 valence electrons. The van der Waals surface area contributed by atoms with Crippen LogP contribution in [0.2, 0.25) is 0 Å². The first-order valence-corrected chi connectivity index (χ1v) is 9.29. The first kappa shape index (κ1) is 16.9. The van der Waals surface area contributed by atoms with E-state index in [1.54, 1.807) is 12.3 Å². The van der Waals surface area contributed by atoms with E-state index in [1.807, 2.05) is 48.7 Å². The number of rotatable bonds is 3. The Bertz CT molecular complexity index is 1100. The maximum atomic E-state index is 9.83. The summed E-state index contributed by atoms with van der Waals surface area (Å²) < 4.78 is 0. The van der Waals surface area contributed by atoms with Gasteiger partial charge in [-0.05, 0) is 44.9 Å². The first-order valence-electron chi connectivity index (χ1n) is 9.29. The molecule has 1 aromatic heterocycles. The van der Waals surface area contributed by atoms with Crippen molar-refractivity contribution >= 4 is 12.6 Å². The minimum atomic E-state index is -1.52. The summed E-state index contributed by atoms with van der Waals surface area (Å²) in [4.78, 5) is 4.40. The molecule has 3 aromatic carbocycles. The number of nitrogens with zero attached hydrogens (tertiary/aromatic N) is 1. The van der Waals surface area contributed by atoms with Gasteiger partial charge in [-0.15, -0.1) is 0 Å². The second-order valence-corrected chi connectivity index (χ2v) is 7.08. The largest absolute Gasteiger partial charge is 0.488 e. The Morgan fingerprint density at radius 3 is 2.14 bits per heavy atom. The van der Waals surface area contributed by atoms with Gasteiger partial charge in [0.25, 0.3) is 0 Å². The van der Waals surface area contributed by atoms with Crippen LogP contribution in [0.25, 0.3) is 11.1 Å². The van der Waals surface area contributed by atoms with Crippen molar-refractivity contribution in [2.45, 2.75) is 5.41 Å². The van der Waals surface area contributed by atoms with Crippen LogP contribution < -0.4 is 5.46 Å². The molecule has 0 bridgehead atoms. The van der Waals surface area contributed by atoms with E-state index in [0.717, 1.165) is 27.8 Å². The average molecular weight is 363 g/mol. The molecule has 1 heterocycles. The molecule has 28 heavy (non-hydrogen) atoms. The Balaban J connectivity index is 1.96. The molecule has 1 atom stereocenters. The fraction of sp³-hybridized carbons (Fsp3) is 0.0417. The highest BCUT2D eigenvalue weighted by molar-refractivity contribution is 6.58. The smallest absolute Gasteiger partial charge is 0.423 e. The van der Waals surface area contributed by atoms with Crippen LogP contribution in [-0.2, 0) is 5.41 Å².